The molecule has 152 valence electrons. The maximum absolute atomic E-state index is 9.23. The third-order valence-electron chi connectivity index (χ3n) is 4.04. The van der Waals surface area contributed by atoms with Crippen molar-refractivity contribution in [3.63, 3.8) is 0 Å². The SMILES string of the molecule is CCNC(=NCC(CCO)CC(C)C)NCCC(OCC)C(C)C.I. The zero-order valence-electron chi connectivity index (χ0n) is 17.2. The predicted molar refractivity (Wildman–Crippen MR) is 119 cm³/mol. The number of nitrogens with zero attached hydrogens (tertiary/aromatic N) is 1. The summed E-state index contributed by atoms with van der Waals surface area (Å²) in [6.07, 6.45) is 3.18. The van der Waals surface area contributed by atoms with E-state index in [0.717, 1.165) is 51.5 Å². The van der Waals surface area contributed by atoms with Crippen molar-refractivity contribution in [2.75, 3.05) is 32.8 Å². The molecule has 0 aromatic heterocycles. The molecule has 0 heterocycles. The van der Waals surface area contributed by atoms with Gasteiger partial charge in [0.2, 0.25) is 0 Å². The van der Waals surface area contributed by atoms with Crippen LogP contribution in [0.2, 0.25) is 0 Å². The summed E-state index contributed by atoms with van der Waals surface area (Å²) in [6, 6.07) is 0. The van der Waals surface area contributed by atoms with Gasteiger partial charge in [-0.3, -0.25) is 4.99 Å². The topological polar surface area (TPSA) is 65.9 Å². The number of hydrogen-bond donors (Lipinski definition) is 3. The molecule has 2 unspecified atom stereocenters. The van der Waals surface area contributed by atoms with Crippen LogP contribution in [0.4, 0.5) is 0 Å². The Hall–Kier alpha value is -0.0800. The van der Waals surface area contributed by atoms with Crippen molar-refractivity contribution in [1.82, 2.24) is 10.6 Å². The Morgan fingerprint density at radius 3 is 2.24 bits per heavy atom. The molecule has 0 aliphatic rings. The number of halogens is 1. The summed E-state index contributed by atoms with van der Waals surface area (Å²) in [5.41, 5.74) is 0. The summed E-state index contributed by atoms with van der Waals surface area (Å²) in [7, 11) is 0. The van der Waals surface area contributed by atoms with Gasteiger partial charge < -0.3 is 20.5 Å². The summed E-state index contributed by atoms with van der Waals surface area (Å²) >= 11 is 0. The van der Waals surface area contributed by atoms with Gasteiger partial charge in [0.1, 0.15) is 0 Å². The average Bonchev–Trinajstić information content (AvgIpc) is 2.51. The molecule has 0 aromatic rings. The van der Waals surface area contributed by atoms with Crippen LogP contribution in [0.25, 0.3) is 0 Å². The number of aliphatic hydroxyl groups excluding tert-OH is 1. The fraction of sp³-hybridized carbons (Fsp3) is 0.947. The molecule has 5 nitrogen and oxygen atoms in total. The number of aliphatic hydroxyl groups is 1. The quantitative estimate of drug-likeness (QED) is 0.218. The van der Waals surface area contributed by atoms with Gasteiger partial charge in [-0.05, 0) is 50.9 Å². The number of aliphatic imine (C=N–C) groups is 1. The summed E-state index contributed by atoms with van der Waals surface area (Å²) < 4.78 is 5.79. The zero-order chi connectivity index (χ0) is 18.4. The third kappa shape index (κ3) is 14.7. The van der Waals surface area contributed by atoms with Gasteiger partial charge >= 0.3 is 0 Å². The van der Waals surface area contributed by atoms with Crippen LogP contribution in [-0.4, -0.2) is 50.0 Å². The number of nitrogens with one attached hydrogen (secondary N) is 2. The molecule has 6 heteroatoms. The van der Waals surface area contributed by atoms with Gasteiger partial charge in [0.25, 0.3) is 0 Å². The second-order valence-electron chi connectivity index (χ2n) is 7.18. The molecule has 3 N–H and O–H groups in total. The van der Waals surface area contributed by atoms with Crippen LogP contribution in [0.5, 0.6) is 0 Å². The van der Waals surface area contributed by atoms with E-state index >= 15 is 0 Å². The Morgan fingerprint density at radius 1 is 1.08 bits per heavy atom. The lowest BCUT2D eigenvalue weighted by atomic mass is 9.94. The van der Waals surface area contributed by atoms with Crippen molar-refractivity contribution >= 4 is 29.9 Å². The highest BCUT2D eigenvalue weighted by Gasteiger charge is 2.14. The molecule has 25 heavy (non-hydrogen) atoms. The second-order valence-corrected chi connectivity index (χ2v) is 7.18. The van der Waals surface area contributed by atoms with Gasteiger partial charge in [-0.25, -0.2) is 0 Å². The Bertz CT molecular complexity index is 326. The van der Waals surface area contributed by atoms with Crippen molar-refractivity contribution in [3.8, 4) is 0 Å². The lowest BCUT2D eigenvalue weighted by Crippen LogP contribution is -2.39. The van der Waals surface area contributed by atoms with Crippen LogP contribution < -0.4 is 10.6 Å². The van der Waals surface area contributed by atoms with E-state index in [1.807, 2.05) is 6.92 Å². The summed E-state index contributed by atoms with van der Waals surface area (Å²) in [6.45, 7) is 16.4. The highest BCUT2D eigenvalue weighted by Crippen LogP contribution is 2.15. The van der Waals surface area contributed by atoms with Crippen LogP contribution in [0.1, 0.15) is 60.8 Å². The molecule has 0 fully saturated rings. The number of hydrogen-bond acceptors (Lipinski definition) is 3. The van der Waals surface area contributed by atoms with Crippen molar-refractivity contribution in [2.24, 2.45) is 22.7 Å². The fourth-order valence-electron chi connectivity index (χ4n) is 2.85. The molecule has 2 atom stereocenters. The molecule has 0 saturated carbocycles. The van der Waals surface area contributed by atoms with Gasteiger partial charge in [-0.1, -0.05) is 27.7 Å². The largest absolute Gasteiger partial charge is 0.396 e. The molecule has 0 amide bonds. The minimum Gasteiger partial charge on any atom is -0.396 e. The van der Waals surface area contributed by atoms with Crippen LogP contribution in [0.3, 0.4) is 0 Å². The third-order valence-corrected chi connectivity index (χ3v) is 4.04. The predicted octanol–water partition coefficient (Wildman–Crippen LogP) is 3.66. The number of rotatable bonds is 13. The maximum Gasteiger partial charge on any atom is 0.191 e. The first kappa shape index (κ1) is 27.1. The van der Waals surface area contributed by atoms with E-state index in [1.54, 1.807) is 0 Å². The van der Waals surface area contributed by atoms with Gasteiger partial charge in [-0.15, -0.1) is 24.0 Å². The summed E-state index contributed by atoms with van der Waals surface area (Å²) in [4.78, 5) is 4.72. The standard InChI is InChI=1S/C19H41N3O2.HI/c1-7-20-19(21-11-9-18(16(5)6)24-8-2)22-14-17(10-12-23)13-15(3)4;/h15-18,23H,7-14H2,1-6H3,(H2,20,21,22);1H. The summed E-state index contributed by atoms with van der Waals surface area (Å²) in [5, 5.41) is 15.9. The second kappa shape index (κ2) is 17.3. The zero-order valence-corrected chi connectivity index (χ0v) is 19.5. The molecule has 0 radical (unpaired) electrons. The van der Waals surface area contributed by atoms with Crippen LogP contribution in [0.15, 0.2) is 4.99 Å². The van der Waals surface area contributed by atoms with E-state index in [1.165, 1.54) is 0 Å². The molecule has 0 spiro atoms. The van der Waals surface area contributed by atoms with Gasteiger partial charge in [0, 0.05) is 32.8 Å². The Labute approximate surface area is 172 Å². The average molecular weight is 471 g/mol. The van der Waals surface area contributed by atoms with E-state index in [-0.39, 0.29) is 36.7 Å². The van der Waals surface area contributed by atoms with E-state index in [9.17, 15) is 5.11 Å². The first-order valence-corrected chi connectivity index (χ1v) is 9.69. The van der Waals surface area contributed by atoms with Gasteiger partial charge in [0.05, 0.1) is 6.10 Å². The van der Waals surface area contributed by atoms with E-state index < -0.39 is 0 Å². The van der Waals surface area contributed by atoms with Crippen molar-refractivity contribution in [2.45, 2.75) is 66.9 Å². The molecular formula is C19H42IN3O2. The van der Waals surface area contributed by atoms with Gasteiger partial charge in [-0.2, -0.15) is 0 Å². The lowest BCUT2D eigenvalue weighted by Gasteiger charge is -2.22. The Morgan fingerprint density at radius 2 is 1.76 bits per heavy atom. The smallest absolute Gasteiger partial charge is 0.191 e. The van der Waals surface area contributed by atoms with Crippen molar-refractivity contribution in [1.29, 1.82) is 0 Å². The normalized spacial score (nSPS) is 14.4. The maximum atomic E-state index is 9.23. The molecule has 0 aliphatic heterocycles. The highest BCUT2D eigenvalue weighted by molar-refractivity contribution is 14.0. The minimum atomic E-state index is 0. The Kier molecular flexibility index (Phi) is 18.8. The van der Waals surface area contributed by atoms with Crippen LogP contribution in [-0.2, 0) is 4.74 Å². The monoisotopic (exact) mass is 471 g/mol. The highest BCUT2D eigenvalue weighted by atomic mass is 127. The number of guanidine groups is 1. The van der Waals surface area contributed by atoms with Crippen molar-refractivity contribution < 1.29 is 9.84 Å². The molecule has 0 bridgehead atoms. The first-order valence-electron chi connectivity index (χ1n) is 9.69. The first-order chi connectivity index (χ1) is 11.4. The molecule has 0 aliphatic carbocycles. The van der Waals surface area contributed by atoms with E-state index in [4.69, 9.17) is 9.73 Å². The Balaban J connectivity index is 0. The molecule has 0 aromatic carbocycles. The molecule has 0 rings (SSSR count). The van der Waals surface area contributed by atoms with Crippen molar-refractivity contribution in [3.05, 3.63) is 0 Å². The van der Waals surface area contributed by atoms with Gasteiger partial charge in [0.15, 0.2) is 5.96 Å². The van der Waals surface area contributed by atoms with Crippen LogP contribution in [0, 0.1) is 17.8 Å². The van der Waals surface area contributed by atoms with Crippen LogP contribution >= 0.6 is 24.0 Å². The van der Waals surface area contributed by atoms with E-state index in [0.29, 0.717) is 17.8 Å². The summed E-state index contributed by atoms with van der Waals surface area (Å²) in [5.74, 6) is 2.46. The lowest BCUT2D eigenvalue weighted by molar-refractivity contribution is 0.0258. The number of ether oxygens (including phenoxy) is 1. The molecule has 0 saturated heterocycles. The van der Waals surface area contributed by atoms with E-state index in [2.05, 4.69) is 45.3 Å². The minimum absolute atomic E-state index is 0. The molecular weight excluding hydrogens is 429 g/mol. The fourth-order valence-corrected chi connectivity index (χ4v) is 2.85.